The fourth-order valence-corrected chi connectivity index (χ4v) is 1.51. The molecule has 1 aromatic carbocycles. The molecule has 18 heavy (non-hydrogen) atoms. The Hall–Kier alpha value is -1.06. The van der Waals surface area contributed by atoms with E-state index in [1.807, 2.05) is 24.3 Å². The van der Waals surface area contributed by atoms with Crippen molar-refractivity contribution in [2.75, 3.05) is 20.3 Å². The van der Waals surface area contributed by atoms with Crippen molar-refractivity contribution in [1.29, 1.82) is 0 Å². The smallest absolute Gasteiger partial charge is 0.118 e. The van der Waals surface area contributed by atoms with Crippen LogP contribution in [0.5, 0.6) is 5.75 Å². The zero-order valence-electron chi connectivity index (χ0n) is 11.9. The van der Waals surface area contributed by atoms with Gasteiger partial charge in [0.05, 0.1) is 20.3 Å². The lowest BCUT2D eigenvalue weighted by molar-refractivity contribution is 0.119. The Bertz CT molecular complexity index is 322. The van der Waals surface area contributed by atoms with Crippen LogP contribution in [0.15, 0.2) is 24.3 Å². The maximum Gasteiger partial charge on any atom is 0.118 e. The van der Waals surface area contributed by atoms with Crippen LogP contribution in [-0.2, 0) is 11.3 Å². The number of benzene rings is 1. The third-order valence-corrected chi connectivity index (χ3v) is 3.14. The molecule has 1 aromatic rings. The maximum absolute atomic E-state index is 5.62. The summed E-state index contributed by atoms with van der Waals surface area (Å²) in [5.41, 5.74) is 1.17. The van der Waals surface area contributed by atoms with E-state index in [1.54, 1.807) is 7.11 Å². The standard InChI is InChI=1S/C15H25NO2/c1-12(2)13(3)16-9-10-18-11-14-5-7-15(17-4)8-6-14/h5-8,12-13,16H,9-11H2,1-4H3. The van der Waals surface area contributed by atoms with Crippen LogP contribution < -0.4 is 10.1 Å². The molecule has 0 amide bonds. The van der Waals surface area contributed by atoms with Crippen molar-refractivity contribution in [2.24, 2.45) is 5.92 Å². The SMILES string of the molecule is COc1ccc(COCCNC(C)C(C)C)cc1. The lowest BCUT2D eigenvalue weighted by Gasteiger charge is -2.17. The molecule has 0 saturated carbocycles. The zero-order chi connectivity index (χ0) is 13.4. The van der Waals surface area contributed by atoms with Gasteiger partial charge in [0.1, 0.15) is 5.75 Å². The summed E-state index contributed by atoms with van der Waals surface area (Å²) in [5.74, 6) is 1.54. The molecule has 102 valence electrons. The van der Waals surface area contributed by atoms with Crippen molar-refractivity contribution in [3.8, 4) is 5.75 Å². The van der Waals surface area contributed by atoms with E-state index in [0.717, 1.165) is 18.9 Å². The number of methoxy groups -OCH3 is 1. The average Bonchev–Trinajstić information content (AvgIpc) is 2.38. The van der Waals surface area contributed by atoms with Gasteiger partial charge in [-0.25, -0.2) is 0 Å². The first-order valence-electron chi connectivity index (χ1n) is 6.57. The van der Waals surface area contributed by atoms with Gasteiger partial charge in [-0.2, -0.15) is 0 Å². The van der Waals surface area contributed by atoms with Crippen LogP contribution in [0.4, 0.5) is 0 Å². The van der Waals surface area contributed by atoms with Gasteiger partial charge in [0.25, 0.3) is 0 Å². The third kappa shape index (κ3) is 5.52. The molecular formula is C15H25NO2. The van der Waals surface area contributed by atoms with E-state index in [-0.39, 0.29) is 0 Å². The highest BCUT2D eigenvalue weighted by Crippen LogP contribution is 2.11. The summed E-state index contributed by atoms with van der Waals surface area (Å²) < 4.78 is 10.7. The average molecular weight is 251 g/mol. The van der Waals surface area contributed by atoms with E-state index in [9.17, 15) is 0 Å². The molecule has 3 nitrogen and oxygen atoms in total. The summed E-state index contributed by atoms with van der Waals surface area (Å²) in [6, 6.07) is 8.51. The van der Waals surface area contributed by atoms with Crippen molar-refractivity contribution < 1.29 is 9.47 Å². The van der Waals surface area contributed by atoms with E-state index >= 15 is 0 Å². The molecular weight excluding hydrogens is 226 g/mol. The van der Waals surface area contributed by atoms with Gasteiger partial charge < -0.3 is 14.8 Å². The molecule has 0 spiro atoms. The van der Waals surface area contributed by atoms with Crippen LogP contribution in [-0.4, -0.2) is 26.3 Å². The molecule has 0 aliphatic heterocycles. The minimum atomic E-state index is 0.537. The molecule has 0 fully saturated rings. The number of nitrogens with one attached hydrogen (secondary N) is 1. The Kier molecular flexibility index (Phi) is 6.76. The monoisotopic (exact) mass is 251 g/mol. The van der Waals surface area contributed by atoms with Gasteiger partial charge in [-0.1, -0.05) is 26.0 Å². The molecule has 0 radical (unpaired) electrons. The molecule has 1 rings (SSSR count). The summed E-state index contributed by atoms with van der Waals surface area (Å²) in [5, 5.41) is 3.44. The minimum Gasteiger partial charge on any atom is -0.497 e. The minimum absolute atomic E-state index is 0.537. The normalized spacial score (nSPS) is 12.7. The highest BCUT2D eigenvalue weighted by molar-refractivity contribution is 5.26. The third-order valence-electron chi connectivity index (χ3n) is 3.14. The second-order valence-corrected chi connectivity index (χ2v) is 4.89. The van der Waals surface area contributed by atoms with Crippen LogP contribution in [0, 0.1) is 5.92 Å². The predicted octanol–water partition coefficient (Wildman–Crippen LogP) is 2.85. The Labute approximate surface area is 110 Å². The molecule has 0 bridgehead atoms. The van der Waals surface area contributed by atoms with Crippen LogP contribution in [0.3, 0.4) is 0 Å². The van der Waals surface area contributed by atoms with E-state index in [1.165, 1.54) is 5.56 Å². The molecule has 3 heteroatoms. The predicted molar refractivity (Wildman–Crippen MR) is 75.0 cm³/mol. The highest BCUT2D eigenvalue weighted by atomic mass is 16.5. The van der Waals surface area contributed by atoms with Crippen LogP contribution in [0.1, 0.15) is 26.3 Å². The van der Waals surface area contributed by atoms with Gasteiger partial charge in [0.15, 0.2) is 0 Å². The van der Waals surface area contributed by atoms with E-state index in [4.69, 9.17) is 9.47 Å². The maximum atomic E-state index is 5.62. The van der Waals surface area contributed by atoms with Crippen molar-refractivity contribution in [3.05, 3.63) is 29.8 Å². The molecule has 1 atom stereocenters. The van der Waals surface area contributed by atoms with E-state index in [0.29, 0.717) is 18.6 Å². The summed E-state index contributed by atoms with van der Waals surface area (Å²) in [6.45, 7) is 8.93. The molecule has 1 N–H and O–H groups in total. The summed E-state index contributed by atoms with van der Waals surface area (Å²) in [7, 11) is 1.67. The van der Waals surface area contributed by atoms with Gasteiger partial charge in [-0.3, -0.25) is 0 Å². The lowest BCUT2D eigenvalue weighted by atomic mass is 10.1. The van der Waals surface area contributed by atoms with Crippen LogP contribution in [0.25, 0.3) is 0 Å². The van der Waals surface area contributed by atoms with Crippen LogP contribution in [0.2, 0.25) is 0 Å². The summed E-state index contributed by atoms with van der Waals surface area (Å²) in [4.78, 5) is 0. The number of rotatable bonds is 8. The Morgan fingerprint density at radius 1 is 1.11 bits per heavy atom. The molecule has 0 heterocycles. The number of hydrogen-bond acceptors (Lipinski definition) is 3. The lowest BCUT2D eigenvalue weighted by Crippen LogP contribution is -2.33. The molecule has 0 saturated heterocycles. The van der Waals surface area contributed by atoms with E-state index < -0.39 is 0 Å². The first kappa shape index (κ1) is 15.0. The summed E-state index contributed by atoms with van der Waals surface area (Å²) >= 11 is 0. The Balaban J connectivity index is 2.14. The van der Waals surface area contributed by atoms with Crippen molar-refractivity contribution in [1.82, 2.24) is 5.32 Å². The summed E-state index contributed by atoms with van der Waals surface area (Å²) in [6.07, 6.45) is 0. The van der Waals surface area contributed by atoms with Gasteiger partial charge in [-0.15, -0.1) is 0 Å². The quantitative estimate of drug-likeness (QED) is 0.721. The van der Waals surface area contributed by atoms with Crippen molar-refractivity contribution >= 4 is 0 Å². The number of ether oxygens (including phenoxy) is 2. The fraction of sp³-hybridized carbons (Fsp3) is 0.600. The second-order valence-electron chi connectivity index (χ2n) is 4.89. The fourth-order valence-electron chi connectivity index (χ4n) is 1.51. The van der Waals surface area contributed by atoms with Crippen molar-refractivity contribution in [2.45, 2.75) is 33.4 Å². The van der Waals surface area contributed by atoms with E-state index in [2.05, 4.69) is 26.1 Å². The Morgan fingerprint density at radius 2 is 1.78 bits per heavy atom. The van der Waals surface area contributed by atoms with Gasteiger partial charge in [-0.05, 0) is 30.5 Å². The second kappa shape index (κ2) is 8.11. The zero-order valence-corrected chi connectivity index (χ0v) is 11.9. The molecule has 0 aromatic heterocycles. The Morgan fingerprint density at radius 3 is 2.33 bits per heavy atom. The number of hydrogen-bond donors (Lipinski definition) is 1. The highest BCUT2D eigenvalue weighted by Gasteiger charge is 2.04. The molecule has 0 aliphatic rings. The van der Waals surface area contributed by atoms with Gasteiger partial charge in [0, 0.05) is 12.6 Å². The van der Waals surface area contributed by atoms with Crippen molar-refractivity contribution in [3.63, 3.8) is 0 Å². The molecule has 0 aliphatic carbocycles. The van der Waals surface area contributed by atoms with Gasteiger partial charge in [0.2, 0.25) is 0 Å². The van der Waals surface area contributed by atoms with Crippen LogP contribution >= 0.6 is 0 Å². The topological polar surface area (TPSA) is 30.5 Å². The largest absolute Gasteiger partial charge is 0.497 e. The van der Waals surface area contributed by atoms with Gasteiger partial charge >= 0.3 is 0 Å². The first-order chi connectivity index (χ1) is 8.63. The molecule has 1 unspecified atom stereocenters. The first-order valence-corrected chi connectivity index (χ1v) is 6.57.